The number of allylic oxidation sites excluding steroid dienone is 6. The van der Waals surface area contributed by atoms with Crippen molar-refractivity contribution in [3.8, 4) is 0 Å². The van der Waals surface area contributed by atoms with Gasteiger partial charge in [0.2, 0.25) is 0 Å². The molecule has 330 valence electrons. The molecule has 5 heteroatoms. The maximum atomic E-state index is 6.39. The second kappa shape index (κ2) is 15.3. The topological polar surface area (TPSA) is 32.8 Å². The van der Waals surface area contributed by atoms with Crippen molar-refractivity contribution in [1.82, 2.24) is 0 Å². The van der Waals surface area contributed by atoms with Crippen molar-refractivity contribution in [1.29, 1.82) is 0 Å². The van der Waals surface area contributed by atoms with Gasteiger partial charge in [0, 0.05) is 81.1 Å². The summed E-state index contributed by atoms with van der Waals surface area (Å²) in [7, 11) is 0. The van der Waals surface area contributed by atoms with E-state index in [2.05, 4.69) is 192 Å². The Morgan fingerprint density at radius 1 is 0.493 bits per heavy atom. The molecule has 0 saturated heterocycles. The summed E-state index contributed by atoms with van der Waals surface area (Å²) in [6.07, 6.45) is 26.4. The molecule has 4 aliphatic rings. The van der Waals surface area contributed by atoms with E-state index in [4.69, 9.17) is 8.83 Å². The first kappa shape index (κ1) is 39.2. The molecule has 8 aromatic carbocycles. The minimum atomic E-state index is 0.528. The molecule has 4 nitrogen and oxygen atoms in total. The Hall–Kier alpha value is -7.86. The molecule has 0 amide bonds. The quantitative estimate of drug-likeness (QED) is 0.166. The first-order valence-corrected chi connectivity index (χ1v) is 25.4. The first-order chi connectivity index (χ1) is 34.2. The normalized spacial score (nSPS) is 16.4. The zero-order valence-corrected chi connectivity index (χ0v) is 38.9. The van der Waals surface area contributed by atoms with Crippen molar-refractivity contribution < 1.29 is 8.83 Å². The Labute approximate surface area is 403 Å². The molecular formula is C64H46N2O2S. The highest BCUT2D eigenvalue weighted by molar-refractivity contribution is 7.26. The highest BCUT2D eigenvalue weighted by Gasteiger charge is 2.28. The number of aryl methyl sites for hydroxylation is 1. The average molecular weight is 907 g/mol. The van der Waals surface area contributed by atoms with Gasteiger partial charge in [-0.2, -0.15) is 0 Å². The molecule has 0 bridgehead atoms. The lowest BCUT2D eigenvalue weighted by atomic mass is 9.82. The third-order valence-electron chi connectivity index (χ3n) is 15.3. The largest absolute Gasteiger partial charge is 0.456 e. The summed E-state index contributed by atoms with van der Waals surface area (Å²) in [4.78, 5) is 4.98. The maximum Gasteiger partial charge on any atom is 0.135 e. The fraction of sp³-hybridized carbons (Fsp3) is 0.125. The van der Waals surface area contributed by atoms with Gasteiger partial charge in [-0.3, -0.25) is 0 Å². The standard InChI is InChI=1S/C64H46N2O2S/c1-3-17-45-39(13-1)15-11-23-56(45)65(42-29-33-60-54(36-42)48-20-7-9-25-58(48)67-60)41-27-31-51-53(35-41)47-19-5-6-22-50(47)63-52-32-28-44(38-62(52)69-64(51)63)66(57-24-12-16-40-14-2-4-18-46(40)57)43-30-34-61-55(37-43)49-21-8-10-26-59(49)68-61/h1,3-4,7,9-13,15,17-20,22-38,40H,2,5-6,8,14,16,21H2. The highest BCUT2D eigenvalue weighted by Crippen LogP contribution is 2.47. The number of furan rings is 2. The molecule has 11 aromatic rings. The van der Waals surface area contributed by atoms with Crippen LogP contribution in [0.1, 0.15) is 49.8 Å². The van der Waals surface area contributed by atoms with E-state index in [0.717, 1.165) is 88.9 Å². The number of nitrogens with zero attached hydrogens (tertiary/aromatic N) is 2. The van der Waals surface area contributed by atoms with E-state index in [-0.39, 0.29) is 0 Å². The lowest BCUT2D eigenvalue weighted by molar-refractivity contribution is 0.559. The van der Waals surface area contributed by atoms with Gasteiger partial charge in [-0.1, -0.05) is 103 Å². The summed E-state index contributed by atoms with van der Waals surface area (Å²) in [6.45, 7) is 0. The van der Waals surface area contributed by atoms with Crippen molar-refractivity contribution in [2.24, 2.45) is 5.92 Å². The summed E-state index contributed by atoms with van der Waals surface area (Å²) in [5.41, 5.74) is 12.5. The number of para-hydroxylation sites is 1. The molecular weight excluding hydrogens is 861 g/mol. The van der Waals surface area contributed by atoms with Crippen LogP contribution in [0.2, 0.25) is 0 Å². The third-order valence-corrected chi connectivity index (χ3v) is 16.5. The molecule has 15 rings (SSSR count). The van der Waals surface area contributed by atoms with E-state index in [1.807, 2.05) is 17.4 Å². The number of hydrogen-bond acceptors (Lipinski definition) is 5. The Bertz CT molecular complexity index is 4260. The van der Waals surface area contributed by atoms with Crippen molar-refractivity contribution in [3.05, 3.63) is 203 Å². The van der Waals surface area contributed by atoms with Crippen LogP contribution in [0.3, 0.4) is 0 Å². The van der Waals surface area contributed by atoms with Crippen LogP contribution in [0.4, 0.5) is 28.4 Å². The van der Waals surface area contributed by atoms with Crippen LogP contribution in [-0.4, -0.2) is 0 Å². The molecule has 0 spiro atoms. The number of fused-ring (bicyclic) bond motifs is 16. The van der Waals surface area contributed by atoms with Gasteiger partial charge >= 0.3 is 0 Å². The third kappa shape index (κ3) is 6.06. The Morgan fingerprint density at radius 2 is 1.20 bits per heavy atom. The highest BCUT2D eigenvalue weighted by atomic mass is 32.1. The van der Waals surface area contributed by atoms with E-state index in [9.17, 15) is 0 Å². The predicted molar refractivity (Wildman–Crippen MR) is 292 cm³/mol. The molecule has 0 aliphatic heterocycles. The number of hydrogen-bond donors (Lipinski definition) is 0. The second-order valence-corrected chi connectivity index (χ2v) is 20.3. The Kier molecular flexibility index (Phi) is 8.70. The zero-order chi connectivity index (χ0) is 45.2. The molecule has 0 N–H and O–H groups in total. The molecule has 3 aromatic heterocycles. The minimum absolute atomic E-state index is 0.528. The van der Waals surface area contributed by atoms with Gasteiger partial charge in [-0.05, 0) is 163 Å². The number of thiophene rings is 1. The van der Waals surface area contributed by atoms with Gasteiger partial charge in [0.05, 0.1) is 5.69 Å². The lowest BCUT2D eigenvalue weighted by Gasteiger charge is -2.34. The van der Waals surface area contributed by atoms with Crippen LogP contribution in [0.25, 0.3) is 92.9 Å². The Morgan fingerprint density at radius 3 is 2.12 bits per heavy atom. The fourth-order valence-corrected chi connectivity index (χ4v) is 13.4. The van der Waals surface area contributed by atoms with Crippen molar-refractivity contribution in [2.45, 2.75) is 44.9 Å². The maximum absolute atomic E-state index is 6.39. The molecule has 1 unspecified atom stereocenters. The smallest absolute Gasteiger partial charge is 0.135 e. The summed E-state index contributed by atoms with van der Waals surface area (Å²) >= 11 is 1.94. The molecule has 4 aliphatic carbocycles. The van der Waals surface area contributed by atoms with Gasteiger partial charge in [0.1, 0.15) is 22.5 Å². The molecule has 69 heavy (non-hydrogen) atoms. The van der Waals surface area contributed by atoms with Gasteiger partial charge in [0.25, 0.3) is 0 Å². The summed E-state index contributed by atoms with van der Waals surface area (Å²) in [5.74, 6) is 1.53. The number of rotatable bonds is 6. The van der Waals surface area contributed by atoms with Crippen LogP contribution >= 0.6 is 11.3 Å². The van der Waals surface area contributed by atoms with Crippen molar-refractivity contribution in [3.63, 3.8) is 0 Å². The van der Waals surface area contributed by atoms with E-state index in [1.54, 1.807) is 0 Å². The summed E-state index contributed by atoms with van der Waals surface area (Å²) in [5, 5.41) is 13.9. The predicted octanol–water partition coefficient (Wildman–Crippen LogP) is 17.1. The molecule has 0 radical (unpaired) electrons. The SMILES string of the molecule is C1=Cc2oc3ccc(N(C4=C5C=CCCC5CC=C4)c4ccc5c(c4)sc4c6ccc(N(c7ccc8oc9ccccc9c8c7)c7cccc8ccccc78)cc6c6c(c54)=CCCC=6)cc3c2CC1. The second-order valence-electron chi connectivity index (χ2n) is 19.2. The zero-order valence-electron chi connectivity index (χ0n) is 38.0. The van der Waals surface area contributed by atoms with E-state index in [0.29, 0.717) is 5.92 Å². The Balaban J connectivity index is 0.936. The van der Waals surface area contributed by atoms with Crippen LogP contribution in [0.5, 0.6) is 0 Å². The summed E-state index contributed by atoms with van der Waals surface area (Å²) < 4.78 is 15.4. The molecule has 0 fully saturated rings. The van der Waals surface area contributed by atoms with Crippen LogP contribution < -0.4 is 20.2 Å². The van der Waals surface area contributed by atoms with Gasteiger partial charge in [-0.15, -0.1) is 11.3 Å². The number of benzene rings is 8. The minimum Gasteiger partial charge on any atom is -0.456 e. The van der Waals surface area contributed by atoms with Gasteiger partial charge in [0.15, 0.2) is 0 Å². The van der Waals surface area contributed by atoms with Crippen LogP contribution in [0.15, 0.2) is 190 Å². The van der Waals surface area contributed by atoms with E-state index < -0.39 is 0 Å². The first-order valence-electron chi connectivity index (χ1n) is 24.6. The van der Waals surface area contributed by atoms with Crippen LogP contribution in [0, 0.1) is 5.92 Å². The molecule has 0 saturated carbocycles. The van der Waals surface area contributed by atoms with Gasteiger partial charge in [-0.25, -0.2) is 0 Å². The van der Waals surface area contributed by atoms with E-state index in [1.165, 1.54) is 92.2 Å². The van der Waals surface area contributed by atoms with Gasteiger partial charge < -0.3 is 18.6 Å². The fourth-order valence-electron chi connectivity index (χ4n) is 12.1. The molecule has 1 atom stereocenters. The average Bonchev–Trinajstić information content (AvgIpc) is 4.10. The molecule has 3 heterocycles. The monoisotopic (exact) mass is 906 g/mol. The van der Waals surface area contributed by atoms with Crippen LogP contribution in [-0.2, 0) is 6.42 Å². The summed E-state index contributed by atoms with van der Waals surface area (Å²) in [6, 6.07) is 51.7. The van der Waals surface area contributed by atoms with E-state index >= 15 is 0 Å². The van der Waals surface area contributed by atoms with Crippen molar-refractivity contribution in [2.75, 3.05) is 9.80 Å². The van der Waals surface area contributed by atoms with Crippen molar-refractivity contribution >= 4 is 133 Å². The number of anilines is 5. The lowest BCUT2D eigenvalue weighted by Crippen LogP contribution is -2.28.